The van der Waals surface area contributed by atoms with Crippen molar-refractivity contribution in [3.63, 3.8) is 0 Å². The van der Waals surface area contributed by atoms with E-state index in [2.05, 4.69) is 39.7 Å². The summed E-state index contributed by atoms with van der Waals surface area (Å²) in [4.78, 5) is 30.0. The van der Waals surface area contributed by atoms with E-state index in [1.54, 1.807) is 7.05 Å². The highest BCUT2D eigenvalue weighted by molar-refractivity contribution is 6.07. The summed E-state index contributed by atoms with van der Waals surface area (Å²) in [5, 5.41) is 8.50. The van der Waals surface area contributed by atoms with Crippen molar-refractivity contribution < 1.29 is 9.59 Å². The maximum absolute atomic E-state index is 12.0. The summed E-state index contributed by atoms with van der Waals surface area (Å²) in [6, 6.07) is -0.385. The number of nitrogens with one attached hydrogen (secondary N) is 3. The van der Waals surface area contributed by atoms with E-state index in [4.69, 9.17) is 0 Å². The minimum Gasteiger partial charge on any atom is -0.356 e. The molecule has 0 aromatic rings. The van der Waals surface area contributed by atoms with Crippen LogP contribution in [-0.4, -0.2) is 55.0 Å². The normalized spacial score (nSPS) is 27.1. The maximum atomic E-state index is 12.0. The first kappa shape index (κ1) is 16.6. The molecule has 0 saturated carbocycles. The second kappa shape index (κ2) is 6.54. The van der Waals surface area contributed by atoms with Gasteiger partial charge in [-0.15, -0.1) is 0 Å². The van der Waals surface area contributed by atoms with Gasteiger partial charge in [0.15, 0.2) is 5.96 Å². The van der Waals surface area contributed by atoms with Crippen molar-refractivity contribution >= 4 is 17.9 Å². The van der Waals surface area contributed by atoms with Gasteiger partial charge in [-0.2, -0.15) is 0 Å². The Labute approximate surface area is 131 Å². The van der Waals surface area contributed by atoms with Crippen molar-refractivity contribution in [2.45, 2.75) is 39.2 Å². The summed E-state index contributed by atoms with van der Waals surface area (Å²) in [6.45, 7) is 8.70. The van der Waals surface area contributed by atoms with Gasteiger partial charge in [0.05, 0.1) is 0 Å². The monoisotopic (exact) mass is 309 g/mol. The van der Waals surface area contributed by atoms with Crippen LogP contribution >= 0.6 is 0 Å². The number of aliphatic imine (C=N–C) groups is 1. The zero-order chi connectivity index (χ0) is 16.3. The number of urea groups is 1. The van der Waals surface area contributed by atoms with E-state index < -0.39 is 5.54 Å². The summed E-state index contributed by atoms with van der Waals surface area (Å²) in [6.07, 6.45) is 1.71. The average molecular weight is 309 g/mol. The van der Waals surface area contributed by atoms with Gasteiger partial charge >= 0.3 is 6.03 Å². The molecule has 2 aliphatic heterocycles. The number of nitrogens with zero attached hydrogens (tertiary/aromatic N) is 2. The molecule has 3 amide bonds. The number of carbonyl (C=O) groups excluding carboxylic acids is 2. The van der Waals surface area contributed by atoms with Crippen molar-refractivity contribution in [2.24, 2.45) is 16.8 Å². The molecule has 0 aromatic heterocycles. The third kappa shape index (κ3) is 3.34. The van der Waals surface area contributed by atoms with Crippen LogP contribution in [0.5, 0.6) is 0 Å². The smallest absolute Gasteiger partial charge is 0.322 e. The SMILES string of the molecule is CN=C(NCC(C)C)N1CCC(C2(C)NC(=O)NC2=O)CC1. The van der Waals surface area contributed by atoms with Gasteiger partial charge in [0.25, 0.3) is 5.91 Å². The molecule has 124 valence electrons. The third-order valence-corrected chi connectivity index (χ3v) is 4.56. The lowest BCUT2D eigenvalue weighted by molar-refractivity contribution is -0.125. The topological polar surface area (TPSA) is 85.8 Å². The second-order valence-electron chi connectivity index (χ2n) is 6.69. The Hall–Kier alpha value is -1.79. The van der Waals surface area contributed by atoms with Gasteiger partial charge in [0.2, 0.25) is 0 Å². The van der Waals surface area contributed by atoms with Crippen LogP contribution in [0.25, 0.3) is 0 Å². The summed E-state index contributed by atoms with van der Waals surface area (Å²) in [7, 11) is 1.79. The fourth-order valence-electron chi connectivity index (χ4n) is 3.14. The van der Waals surface area contributed by atoms with E-state index >= 15 is 0 Å². The summed E-state index contributed by atoms with van der Waals surface area (Å²) < 4.78 is 0. The molecule has 2 heterocycles. The highest BCUT2D eigenvalue weighted by Crippen LogP contribution is 2.30. The predicted molar refractivity (Wildman–Crippen MR) is 85.6 cm³/mol. The number of carbonyl (C=O) groups is 2. The van der Waals surface area contributed by atoms with Crippen molar-refractivity contribution in [3.8, 4) is 0 Å². The molecule has 0 aromatic carbocycles. The molecule has 7 nitrogen and oxygen atoms in total. The second-order valence-corrected chi connectivity index (χ2v) is 6.69. The minimum absolute atomic E-state index is 0.151. The Balaban J connectivity index is 1.92. The highest BCUT2D eigenvalue weighted by atomic mass is 16.2. The summed E-state index contributed by atoms with van der Waals surface area (Å²) in [5.41, 5.74) is -0.780. The number of piperidine rings is 1. The van der Waals surface area contributed by atoms with Crippen LogP contribution in [0, 0.1) is 11.8 Å². The van der Waals surface area contributed by atoms with E-state index in [9.17, 15) is 9.59 Å². The van der Waals surface area contributed by atoms with Gasteiger partial charge in [-0.05, 0) is 31.6 Å². The van der Waals surface area contributed by atoms with Crippen molar-refractivity contribution in [1.82, 2.24) is 20.9 Å². The molecule has 0 radical (unpaired) electrons. The summed E-state index contributed by atoms with van der Waals surface area (Å²) >= 11 is 0. The number of guanidine groups is 1. The molecule has 0 spiro atoms. The quantitative estimate of drug-likeness (QED) is 0.403. The molecule has 7 heteroatoms. The predicted octanol–water partition coefficient (Wildman–Crippen LogP) is 0.528. The first-order valence-corrected chi connectivity index (χ1v) is 7.96. The van der Waals surface area contributed by atoms with Crippen molar-refractivity contribution in [2.75, 3.05) is 26.7 Å². The lowest BCUT2D eigenvalue weighted by Gasteiger charge is -2.39. The van der Waals surface area contributed by atoms with Crippen LogP contribution in [-0.2, 0) is 4.79 Å². The van der Waals surface area contributed by atoms with Gasteiger partial charge in [-0.3, -0.25) is 15.1 Å². The molecule has 0 aliphatic carbocycles. The van der Waals surface area contributed by atoms with Gasteiger partial charge < -0.3 is 15.5 Å². The number of imide groups is 1. The van der Waals surface area contributed by atoms with E-state index in [0.29, 0.717) is 5.92 Å². The standard InChI is InChI=1S/C15H27N5O2/c1-10(2)9-17-13(16-4)20-7-5-11(6-8-20)15(3)12(21)18-14(22)19-15/h10-11H,5-9H2,1-4H3,(H,16,17)(H2,18,19,21,22). The van der Waals surface area contributed by atoms with Crippen LogP contribution in [0.2, 0.25) is 0 Å². The Morgan fingerprint density at radius 3 is 2.50 bits per heavy atom. The third-order valence-electron chi connectivity index (χ3n) is 4.56. The Morgan fingerprint density at radius 1 is 1.41 bits per heavy atom. The van der Waals surface area contributed by atoms with Crippen LogP contribution in [0.3, 0.4) is 0 Å². The number of amides is 3. The first-order chi connectivity index (χ1) is 10.4. The van der Waals surface area contributed by atoms with Gasteiger partial charge in [0.1, 0.15) is 5.54 Å². The lowest BCUT2D eigenvalue weighted by atomic mass is 9.79. The molecular weight excluding hydrogens is 282 g/mol. The molecule has 1 unspecified atom stereocenters. The Kier molecular flexibility index (Phi) is 4.93. The van der Waals surface area contributed by atoms with Crippen molar-refractivity contribution in [1.29, 1.82) is 0 Å². The maximum Gasteiger partial charge on any atom is 0.322 e. The fourth-order valence-corrected chi connectivity index (χ4v) is 3.14. The van der Waals surface area contributed by atoms with E-state index in [1.807, 2.05) is 6.92 Å². The van der Waals surface area contributed by atoms with E-state index in [0.717, 1.165) is 38.4 Å². The number of hydrogen-bond donors (Lipinski definition) is 3. The number of hydrogen-bond acceptors (Lipinski definition) is 3. The van der Waals surface area contributed by atoms with Gasteiger partial charge in [-0.25, -0.2) is 4.79 Å². The van der Waals surface area contributed by atoms with Crippen LogP contribution in [0.15, 0.2) is 4.99 Å². The number of likely N-dealkylation sites (tertiary alicyclic amines) is 1. The molecular formula is C15H27N5O2. The Morgan fingerprint density at radius 2 is 2.05 bits per heavy atom. The zero-order valence-electron chi connectivity index (χ0n) is 13.9. The first-order valence-electron chi connectivity index (χ1n) is 7.96. The Bertz CT molecular complexity index is 469. The average Bonchev–Trinajstić information content (AvgIpc) is 2.74. The largest absolute Gasteiger partial charge is 0.356 e. The molecule has 2 fully saturated rings. The molecule has 0 bridgehead atoms. The van der Waals surface area contributed by atoms with Crippen molar-refractivity contribution in [3.05, 3.63) is 0 Å². The molecule has 3 N–H and O–H groups in total. The lowest BCUT2D eigenvalue weighted by Crippen LogP contribution is -2.55. The molecule has 2 rings (SSSR count). The van der Waals surface area contributed by atoms with Gasteiger partial charge in [0, 0.05) is 26.7 Å². The van der Waals surface area contributed by atoms with Crippen LogP contribution in [0.1, 0.15) is 33.6 Å². The molecule has 22 heavy (non-hydrogen) atoms. The highest BCUT2D eigenvalue weighted by Gasteiger charge is 2.48. The molecule has 2 aliphatic rings. The van der Waals surface area contributed by atoms with E-state index in [1.165, 1.54) is 0 Å². The van der Waals surface area contributed by atoms with Crippen LogP contribution in [0.4, 0.5) is 4.79 Å². The molecule has 1 atom stereocenters. The van der Waals surface area contributed by atoms with Crippen LogP contribution < -0.4 is 16.0 Å². The number of rotatable bonds is 3. The van der Waals surface area contributed by atoms with E-state index in [-0.39, 0.29) is 17.9 Å². The minimum atomic E-state index is -0.780. The summed E-state index contributed by atoms with van der Waals surface area (Å²) in [5.74, 6) is 1.42. The molecule has 2 saturated heterocycles. The zero-order valence-corrected chi connectivity index (χ0v) is 13.9. The van der Waals surface area contributed by atoms with Gasteiger partial charge in [-0.1, -0.05) is 13.8 Å². The fraction of sp³-hybridized carbons (Fsp3) is 0.800.